The zero-order valence-electron chi connectivity index (χ0n) is 14.8. The van der Waals surface area contributed by atoms with Gasteiger partial charge >= 0.3 is 0 Å². The third-order valence-electron chi connectivity index (χ3n) is 4.41. The Balaban J connectivity index is 1.44. The van der Waals surface area contributed by atoms with Gasteiger partial charge in [0.2, 0.25) is 5.91 Å². The summed E-state index contributed by atoms with van der Waals surface area (Å²) in [5.74, 6) is 0.139. The minimum atomic E-state index is -0.619. The molecule has 3 aromatic rings. The summed E-state index contributed by atoms with van der Waals surface area (Å²) in [5, 5.41) is 6.01. The number of morpholine rings is 1. The Kier molecular flexibility index (Phi) is 4.91. The van der Waals surface area contributed by atoms with Crippen molar-refractivity contribution in [1.29, 1.82) is 0 Å². The molecule has 2 amide bonds. The number of benzene rings is 1. The number of nitrogens with one attached hydrogen (secondary N) is 1. The first kappa shape index (κ1) is 17.7. The van der Waals surface area contributed by atoms with Crippen molar-refractivity contribution < 1.29 is 18.7 Å². The Bertz CT molecular complexity index is 941. The lowest BCUT2D eigenvalue weighted by Crippen LogP contribution is -2.50. The smallest absolute Gasteiger partial charge is 0.271 e. The van der Waals surface area contributed by atoms with Gasteiger partial charge in [-0.05, 0) is 19.1 Å². The van der Waals surface area contributed by atoms with Crippen LogP contribution in [0.25, 0.3) is 21.7 Å². The molecule has 140 valence electrons. The molecule has 4 rings (SSSR count). The van der Waals surface area contributed by atoms with Crippen LogP contribution in [0.2, 0.25) is 0 Å². The van der Waals surface area contributed by atoms with Crippen molar-refractivity contribution in [3.05, 3.63) is 41.4 Å². The highest BCUT2D eigenvalue weighted by Gasteiger charge is 2.25. The fourth-order valence-corrected chi connectivity index (χ4v) is 3.72. The second-order valence-electron chi connectivity index (χ2n) is 6.32. The molecule has 1 fully saturated rings. The number of aromatic nitrogens is 1. The minimum Gasteiger partial charge on any atom is -0.454 e. The van der Waals surface area contributed by atoms with Gasteiger partial charge in [-0.25, -0.2) is 4.98 Å². The summed E-state index contributed by atoms with van der Waals surface area (Å²) in [5.41, 5.74) is 1.05. The second-order valence-corrected chi connectivity index (χ2v) is 7.18. The fourth-order valence-electron chi connectivity index (χ4n) is 2.97. The Hall–Kier alpha value is -2.71. The molecule has 8 heteroatoms. The molecule has 3 heterocycles. The largest absolute Gasteiger partial charge is 0.454 e. The van der Waals surface area contributed by atoms with Gasteiger partial charge in [-0.2, -0.15) is 0 Å². The number of rotatable bonds is 4. The topological polar surface area (TPSA) is 84.7 Å². The van der Waals surface area contributed by atoms with Crippen LogP contribution in [0.4, 0.5) is 0 Å². The number of hydrogen-bond donors (Lipinski definition) is 1. The van der Waals surface area contributed by atoms with E-state index in [-0.39, 0.29) is 17.5 Å². The predicted octanol–water partition coefficient (Wildman–Crippen LogP) is 2.53. The first-order valence-electron chi connectivity index (χ1n) is 8.74. The Morgan fingerprint density at radius 1 is 1.26 bits per heavy atom. The van der Waals surface area contributed by atoms with Crippen molar-refractivity contribution in [3.63, 3.8) is 0 Å². The Morgan fingerprint density at radius 2 is 2.04 bits per heavy atom. The van der Waals surface area contributed by atoms with E-state index in [4.69, 9.17) is 9.15 Å². The molecule has 27 heavy (non-hydrogen) atoms. The zero-order chi connectivity index (χ0) is 18.8. The van der Waals surface area contributed by atoms with Crippen LogP contribution in [-0.4, -0.2) is 54.0 Å². The summed E-state index contributed by atoms with van der Waals surface area (Å²) in [6, 6.07) is 8.98. The summed E-state index contributed by atoms with van der Waals surface area (Å²) in [6.45, 7) is 3.83. The number of furan rings is 1. The van der Waals surface area contributed by atoms with Crippen molar-refractivity contribution in [3.8, 4) is 10.8 Å². The second kappa shape index (κ2) is 7.50. The van der Waals surface area contributed by atoms with Crippen molar-refractivity contribution in [2.75, 3.05) is 26.3 Å². The van der Waals surface area contributed by atoms with E-state index >= 15 is 0 Å². The molecule has 7 nitrogen and oxygen atoms in total. The molecule has 0 aliphatic carbocycles. The molecule has 1 aliphatic heterocycles. The van der Waals surface area contributed by atoms with E-state index in [1.807, 2.05) is 30.3 Å². The maximum atomic E-state index is 12.5. The van der Waals surface area contributed by atoms with Crippen LogP contribution in [0.3, 0.4) is 0 Å². The van der Waals surface area contributed by atoms with E-state index in [1.54, 1.807) is 17.2 Å². The lowest BCUT2D eigenvalue weighted by atomic mass is 10.2. The van der Waals surface area contributed by atoms with Gasteiger partial charge in [0.25, 0.3) is 5.91 Å². The maximum Gasteiger partial charge on any atom is 0.271 e. The standard InChI is InChI=1S/C19H19N3O4S/c1-12(19(24)22-6-8-25-9-7-22)20-17(23)14-11-27-18(21-14)16-10-13-4-2-3-5-15(13)26-16/h2-5,10-12H,6-9H2,1H3,(H,20,23). The van der Waals surface area contributed by atoms with Gasteiger partial charge in [-0.1, -0.05) is 18.2 Å². The van der Waals surface area contributed by atoms with E-state index < -0.39 is 6.04 Å². The highest BCUT2D eigenvalue weighted by molar-refractivity contribution is 7.13. The number of amides is 2. The molecule has 1 unspecified atom stereocenters. The third-order valence-corrected chi connectivity index (χ3v) is 5.27. The van der Waals surface area contributed by atoms with Crippen LogP contribution < -0.4 is 5.32 Å². The van der Waals surface area contributed by atoms with Crippen LogP contribution in [-0.2, 0) is 9.53 Å². The molecular weight excluding hydrogens is 366 g/mol. The van der Waals surface area contributed by atoms with Crippen LogP contribution in [0, 0.1) is 0 Å². The van der Waals surface area contributed by atoms with Crippen LogP contribution in [0.15, 0.2) is 40.1 Å². The highest BCUT2D eigenvalue weighted by Crippen LogP contribution is 2.29. The molecule has 1 aliphatic rings. The fraction of sp³-hybridized carbons (Fsp3) is 0.316. The van der Waals surface area contributed by atoms with Gasteiger partial charge in [-0.3, -0.25) is 9.59 Å². The molecular formula is C19H19N3O4S. The summed E-state index contributed by atoms with van der Waals surface area (Å²) < 4.78 is 11.0. The van der Waals surface area contributed by atoms with Gasteiger partial charge in [-0.15, -0.1) is 11.3 Å². The Morgan fingerprint density at radius 3 is 2.81 bits per heavy atom. The average Bonchev–Trinajstić information content (AvgIpc) is 3.34. The highest BCUT2D eigenvalue weighted by atomic mass is 32.1. The van der Waals surface area contributed by atoms with Crippen LogP contribution in [0.1, 0.15) is 17.4 Å². The number of fused-ring (bicyclic) bond motifs is 1. The molecule has 1 aromatic carbocycles. The van der Waals surface area contributed by atoms with Crippen LogP contribution >= 0.6 is 11.3 Å². The SMILES string of the molecule is CC(NC(=O)c1csc(-c2cc3ccccc3o2)n1)C(=O)N1CCOCC1. The van der Waals surface area contributed by atoms with Gasteiger partial charge in [0.15, 0.2) is 10.8 Å². The number of para-hydroxylation sites is 1. The summed E-state index contributed by atoms with van der Waals surface area (Å²) >= 11 is 1.33. The van der Waals surface area contributed by atoms with Gasteiger partial charge in [0, 0.05) is 23.9 Å². The summed E-state index contributed by atoms with van der Waals surface area (Å²) in [4.78, 5) is 31.0. The normalized spacial score (nSPS) is 15.7. The first-order chi connectivity index (χ1) is 13.1. The van der Waals surface area contributed by atoms with Crippen molar-refractivity contribution >= 4 is 34.1 Å². The number of carbonyl (C=O) groups excluding carboxylic acids is 2. The summed E-state index contributed by atoms with van der Waals surface area (Å²) in [6.07, 6.45) is 0. The number of ether oxygens (including phenoxy) is 1. The van der Waals surface area contributed by atoms with Gasteiger partial charge < -0.3 is 19.4 Å². The van der Waals surface area contributed by atoms with E-state index in [0.29, 0.717) is 37.1 Å². The zero-order valence-corrected chi connectivity index (χ0v) is 15.6. The quantitative estimate of drug-likeness (QED) is 0.746. The molecule has 1 atom stereocenters. The van der Waals surface area contributed by atoms with Crippen molar-refractivity contribution in [2.24, 2.45) is 0 Å². The Labute approximate surface area is 159 Å². The summed E-state index contributed by atoms with van der Waals surface area (Å²) in [7, 11) is 0. The molecule has 1 saturated heterocycles. The number of thiazole rings is 1. The average molecular weight is 385 g/mol. The van der Waals surface area contributed by atoms with Gasteiger partial charge in [0.1, 0.15) is 17.3 Å². The van der Waals surface area contributed by atoms with E-state index in [2.05, 4.69) is 10.3 Å². The molecule has 0 bridgehead atoms. The molecule has 0 spiro atoms. The molecule has 1 N–H and O–H groups in total. The number of carbonyl (C=O) groups is 2. The predicted molar refractivity (Wildman–Crippen MR) is 102 cm³/mol. The molecule has 2 aromatic heterocycles. The third kappa shape index (κ3) is 3.72. The van der Waals surface area contributed by atoms with E-state index in [1.165, 1.54) is 11.3 Å². The lowest BCUT2D eigenvalue weighted by Gasteiger charge is -2.29. The molecule has 0 radical (unpaired) electrons. The lowest BCUT2D eigenvalue weighted by molar-refractivity contribution is -0.136. The molecule has 0 saturated carbocycles. The van der Waals surface area contributed by atoms with E-state index in [0.717, 1.165) is 11.0 Å². The van der Waals surface area contributed by atoms with Crippen molar-refractivity contribution in [1.82, 2.24) is 15.2 Å². The maximum absolute atomic E-state index is 12.5. The van der Waals surface area contributed by atoms with Crippen molar-refractivity contribution in [2.45, 2.75) is 13.0 Å². The van der Waals surface area contributed by atoms with Gasteiger partial charge in [0.05, 0.1) is 13.2 Å². The minimum absolute atomic E-state index is 0.112. The number of nitrogens with zero attached hydrogens (tertiary/aromatic N) is 2. The first-order valence-corrected chi connectivity index (χ1v) is 9.61. The van der Waals surface area contributed by atoms with E-state index in [9.17, 15) is 9.59 Å². The number of hydrogen-bond acceptors (Lipinski definition) is 6. The van der Waals surface area contributed by atoms with Crippen LogP contribution in [0.5, 0.6) is 0 Å². The monoisotopic (exact) mass is 385 g/mol.